The van der Waals surface area contributed by atoms with Gasteiger partial charge >= 0.3 is 5.97 Å². The first-order valence-electron chi connectivity index (χ1n) is 6.54. The molecule has 0 aliphatic rings. The summed E-state index contributed by atoms with van der Waals surface area (Å²) >= 11 is 0. The van der Waals surface area contributed by atoms with Gasteiger partial charge in [-0.1, -0.05) is 22.0 Å². The lowest BCUT2D eigenvalue weighted by atomic mass is 10.1. The number of carbonyl (C=O) groups is 1. The van der Waals surface area contributed by atoms with E-state index in [2.05, 4.69) is 25.4 Å². The summed E-state index contributed by atoms with van der Waals surface area (Å²) in [5, 5.41) is 14.4. The second-order valence-electron chi connectivity index (χ2n) is 4.44. The van der Waals surface area contributed by atoms with Crippen molar-refractivity contribution in [3.05, 3.63) is 47.7 Å². The Morgan fingerprint density at radius 1 is 1.30 bits per heavy atom. The van der Waals surface area contributed by atoms with Crippen molar-refractivity contribution in [3.63, 3.8) is 0 Å². The number of nitrogens with two attached hydrogens (primary N) is 1. The van der Waals surface area contributed by atoms with Gasteiger partial charge in [-0.15, -0.1) is 0 Å². The number of hydrogen-bond acceptors (Lipinski definition) is 8. The largest absolute Gasteiger partial charge is 0.465 e. The molecule has 2 heterocycles. The molecule has 3 rings (SSSR count). The van der Waals surface area contributed by atoms with Crippen molar-refractivity contribution in [1.29, 1.82) is 0 Å². The van der Waals surface area contributed by atoms with E-state index in [0.29, 0.717) is 17.1 Å². The Hall–Kier alpha value is -3.49. The van der Waals surface area contributed by atoms with Gasteiger partial charge in [0.1, 0.15) is 11.5 Å². The number of carbonyl (C=O) groups excluding carboxylic acids is 1. The molecule has 0 spiro atoms. The first kappa shape index (κ1) is 14.4. The number of aromatic nitrogens is 4. The predicted octanol–water partition coefficient (Wildman–Crippen LogP) is 1.18. The minimum absolute atomic E-state index is 0.0754. The lowest BCUT2D eigenvalue weighted by Crippen LogP contribution is -2.00. The number of rotatable bonds is 4. The Labute approximate surface area is 130 Å². The summed E-state index contributed by atoms with van der Waals surface area (Å²) in [7, 11) is 1.34. The molecule has 3 aromatic rings. The topological polar surface area (TPSA) is 121 Å². The lowest BCUT2D eigenvalue weighted by Gasteiger charge is -2.00. The molecule has 2 N–H and O–H groups in total. The van der Waals surface area contributed by atoms with Gasteiger partial charge in [-0.25, -0.2) is 4.79 Å². The van der Waals surface area contributed by atoms with Gasteiger partial charge in [0.25, 0.3) is 5.95 Å². The summed E-state index contributed by atoms with van der Waals surface area (Å²) in [6, 6.07) is 10.4. The highest BCUT2D eigenvalue weighted by molar-refractivity contribution is 5.89. The number of nitrogens with zero attached hydrogens (tertiary/aromatic N) is 5. The maximum Gasteiger partial charge on any atom is 0.337 e. The molecule has 0 atom stereocenters. The van der Waals surface area contributed by atoms with Crippen molar-refractivity contribution >= 4 is 18.1 Å². The summed E-state index contributed by atoms with van der Waals surface area (Å²) < 4.78 is 10.3. The van der Waals surface area contributed by atoms with Gasteiger partial charge in [0.15, 0.2) is 0 Å². The molecule has 0 bridgehead atoms. The van der Waals surface area contributed by atoms with Gasteiger partial charge in [-0.2, -0.15) is 5.10 Å². The average molecular weight is 312 g/mol. The lowest BCUT2D eigenvalue weighted by molar-refractivity contribution is 0.0601. The van der Waals surface area contributed by atoms with Crippen LogP contribution in [-0.4, -0.2) is 39.6 Å². The number of tetrazole rings is 1. The van der Waals surface area contributed by atoms with E-state index in [4.69, 9.17) is 10.2 Å². The van der Waals surface area contributed by atoms with Crippen LogP contribution in [0, 0.1) is 0 Å². The third kappa shape index (κ3) is 3.07. The molecule has 0 aliphatic heterocycles. The average Bonchev–Trinajstić information content (AvgIpc) is 3.21. The van der Waals surface area contributed by atoms with Crippen molar-refractivity contribution in [3.8, 4) is 11.3 Å². The van der Waals surface area contributed by atoms with Crippen LogP contribution in [0.2, 0.25) is 0 Å². The van der Waals surface area contributed by atoms with Crippen molar-refractivity contribution in [2.45, 2.75) is 0 Å². The number of anilines is 1. The van der Waals surface area contributed by atoms with Crippen LogP contribution in [0.15, 0.2) is 45.9 Å². The fourth-order valence-corrected chi connectivity index (χ4v) is 1.85. The maximum absolute atomic E-state index is 11.4. The zero-order chi connectivity index (χ0) is 16.2. The molecule has 9 nitrogen and oxygen atoms in total. The van der Waals surface area contributed by atoms with E-state index < -0.39 is 0 Å². The van der Waals surface area contributed by atoms with Crippen LogP contribution in [0.5, 0.6) is 0 Å². The van der Waals surface area contributed by atoms with Crippen molar-refractivity contribution in [1.82, 2.24) is 20.3 Å². The maximum atomic E-state index is 11.4. The zero-order valence-electron chi connectivity index (χ0n) is 12.1. The Kier molecular flexibility index (Phi) is 3.83. The predicted molar refractivity (Wildman–Crippen MR) is 80.7 cm³/mol. The molecule has 2 aromatic heterocycles. The highest BCUT2D eigenvalue weighted by Crippen LogP contribution is 2.22. The number of methoxy groups -OCH3 is 1. The number of nitrogen functional groups attached to an aromatic ring is 1. The molecular weight excluding hydrogens is 300 g/mol. The fraction of sp³-hybridized carbons (Fsp3) is 0.0714. The Morgan fingerprint density at radius 3 is 2.74 bits per heavy atom. The molecule has 0 fully saturated rings. The summed E-state index contributed by atoms with van der Waals surface area (Å²) in [5.41, 5.74) is 6.79. The zero-order valence-corrected chi connectivity index (χ0v) is 12.1. The molecule has 1 aromatic carbocycles. The van der Waals surface area contributed by atoms with Gasteiger partial charge in [0.05, 0.1) is 18.9 Å². The monoisotopic (exact) mass is 312 g/mol. The minimum atomic E-state index is -0.386. The Balaban J connectivity index is 1.78. The van der Waals surface area contributed by atoms with E-state index in [9.17, 15) is 4.79 Å². The summed E-state index contributed by atoms with van der Waals surface area (Å²) in [5.74, 6) is 0.828. The molecule has 0 saturated heterocycles. The van der Waals surface area contributed by atoms with Crippen LogP contribution < -0.4 is 5.73 Å². The quantitative estimate of drug-likeness (QED) is 0.567. The summed E-state index contributed by atoms with van der Waals surface area (Å²) in [6.07, 6.45) is 1.44. The Bertz CT molecular complexity index is 850. The molecule has 0 amide bonds. The van der Waals surface area contributed by atoms with Crippen molar-refractivity contribution in [2.75, 3.05) is 12.8 Å². The first-order valence-corrected chi connectivity index (χ1v) is 6.54. The van der Waals surface area contributed by atoms with Crippen molar-refractivity contribution < 1.29 is 13.9 Å². The van der Waals surface area contributed by atoms with Gasteiger partial charge in [0, 0.05) is 5.56 Å². The van der Waals surface area contributed by atoms with Gasteiger partial charge in [-0.05, 0) is 34.7 Å². The molecule has 0 saturated carbocycles. The van der Waals surface area contributed by atoms with Gasteiger partial charge in [-0.3, -0.25) is 0 Å². The van der Waals surface area contributed by atoms with Gasteiger partial charge in [0.2, 0.25) is 0 Å². The molecule has 23 heavy (non-hydrogen) atoms. The standard InChI is InChI=1S/C14H12N6O3/c1-22-13(21)10-4-2-9(3-5-10)12-7-6-11(23-12)8-16-20-14(15)17-18-19-20/h2-8H,1H3,(H2,15,17,19)/b16-8+. The summed E-state index contributed by atoms with van der Waals surface area (Å²) in [4.78, 5) is 12.5. The second-order valence-corrected chi connectivity index (χ2v) is 4.44. The van der Waals surface area contributed by atoms with Gasteiger partial charge < -0.3 is 14.9 Å². The van der Waals surface area contributed by atoms with E-state index >= 15 is 0 Å². The van der Waals surface area contributed by atoms with Crippen LogP contribution >= 0.6 is 0 Å². The number of furan rings is 1. The summed E-state index contributed by atoms with van der Waals surface area (Å²) in [6.45, 7) is 0. The Morgan fingerprint density at radius 2 is 2.09 bits per heavy atom. The number of hydrogen-bond donors (Lipinski definition) is 1. The minimum Gasteiger partial charge on any atom is -0.465 e. The van der Waals surface area contributed by atoms with Crippen molar-refractivity contribution in [2.24, 2.45) is 5.10 Å². The SMILES string of the molecule is COC(=O)c1ccc(-c2ccc(/C=N/n3nnnc3N)o2)cc1. The number of benzene rings is 1. The first-order chi connectivity index (χ1) is 11.2. The normalized spacial score (nSPS) is 11.0. The van der Waals surface area contributed by atoms with Crippen LogP contribution in [0.3, 0.4) is 0 Å². The third-order valence-electron chi connectivity index (χ3n) is 2.99. The van der Waals surface area contributed by atoms with Crippen LogP contribution in [0.25, 0.3) is 11.3 Å². The molecular formula is C14H12N6O3. The van der Waals surface area contributed by atoms with E-state index in [1.165, 1.54) is 13.3 Å². The number of ether oxygens (including phenoxy) is 1. The van der Waals surface area contributed by atoms with E-state index in [1.54, 1.807) is 36.4 Å². The molecule has 0 aliphatic carbocycles. The fourth-order valence-electron chi connectivity index (χ4n) is 1.85. The molecule has 0 radical (unpaired) electrons. The van der Waals surface area contributed by atoms with E-state index in [0.717, 1.165) is 10.4 Å². The number of esters is 1. The second kappa shape index (κ2) is 6.10. The van der Waals surface area contributed by atoms with Crippen LogP contribution in [-0.2, 0) is 4.74 Å². The van der Waals surface area contributed by atoms with E-state index in [1.807, 2.05) is 0 Å². The van der Waals surface area contributed by atoms with E-state index in [-0.39, 0.29) is 11.9 Å². The molecule has 9 heteroatoms. The highest BCUT2D eigenvalue weighted by Gasteiger charge is 2.08. The molecule has 116 valence electrons. The van der Waals surface area contributed by atoms with Crippen LogP contribution in [0.4, 0.5) is 5.95 Å². The third-order valence-corrected chi connectivity index (χ3v) is 2.99. The smallest absolute Gasteiger partial charge is 0.337 e. The highest BCUT2D eigenvalue weighted by atomic mass is 16.5. The van der Waals surface area contributed by atoms with Crippen LogP contribution in [0.1, 0.15) is 16.1 Å². The molecule has 0 unspecified atom stereocenters.